The lowest BCUT2D eigenvalue weighted by molar-refractivity contribution is -0.0677. The van der Waals surface area contributed by atoms with Crippen LogP contribution in [0.4, 0.5) is 5.82 Å². The monoisotopic (exact) mass is 873 g/mol. The number of nitrogens with zero attached hydrogens (tertiary/aromatic N) is 5. The van der Waals surface area contributed by atoms with Crippen molar-refractivity contribution in [1.82, 2.24) is 29.1 Å². The first kappa shape index (κ1) is 41.2. The van der Waals surface area contributed by atoms with Crippen LogP contribution in [0.5, 0.6) is 5.75 Å². The number of hydrogen-bond acceptors (Lipinski definition) is 18. The molecule has 59 heavy (non-hydrogen) atoms. The molecule has 0 radical (unpaired) electrons. The highest BCUT2D eigenvalue weighted by Crippen LogP contribution is 2.64. The third-order valence-electron chi connectivity index (χ3n) is 9.64. The van der Waals surface area contributed by atoms with Gasteiger partial charge in [0.05, 0.1) is 31.2 Å². The first-order valence-corrected chi connectivity index (χ1v) is 22.6. The normalized spacial score (nSPS) is 29.9. The largest absolute Gasteiger partial charge is 0.472 e. The van der Waals surface area contributed by atoms with E-state index in [4.69, 9.17) is 42.8 Å². The highest BCUT2D eigenvalue weighted by Gasteiger charge is 2.53. The van der Waals surface area contributed by atoms with Crippen LogP contribution in [0.15, 0.2) is 83.0 Å². The van der Waals surface area contributed by atoms with Crippen LogP contribution in [0, 0.1) is 6.92 Å². The van der Waals surface area contributed by atoms with Gasteiger partial charge in [0.25, 0.3) is 5.56 Å². The molecule has 0 saturated carbocycles. The molecule has 2 bridgehead atoms. The molecule has 24 heteroatoms. The molecule has 3 aliphatic rings. The lowest BCUT2D eigenvalue weighted by Crippen LogP contribution is -2.40. The van der Waals surface area contributed by atoms with Gasteiger partial charge in [0.15, 0.2) is 23.9 Å². The molecule has 312 valence electrons. The minimum Gasteiger partial charge on any atom is -0.423 e. The van der Waals surface area contributed by atoms with E-state index in [1.165, 1.54) is 30.5 Å². The Morgan fingerprint density at radius 3 is 2.49 bits per heavy atom. The van der Waals surface area contributed by atoms with Gasteiger partial charge in [-0.05, 0) is 48.1 Å². The van der Waals surface area contributed by atoms with Crippen molar-refractivity contribution >= 4 is 49.0 Å². The van der Waals surface area contributed by atoms with Gasteiger partial charge in [-0.15, -0.1) is 0 Å². The van der Waals surface area contributed by atoms with Crippen LogP contribution < -0.4 is 21.7 Å². The molecule has 2 aromatic carbocycles. The molecule has 8 rings (SSSR count). The second kappa shape index (κ2) is 16.8. The molecule has 3 aromatic heterocycles. The van der Waals surface area contributed by atoms with Gasteiger partial charge in [-0.3, -0.25) is 37.0 Å². The van der Waals surface area contributed by atoms with E-state index in [0.717, 1.165) is 27.6 Å². The van der Waals surface area contributed by atoms with Crippen molar-refractivity contribution in [3.05, 3.63) is 111 Å². The summed E-state index contributed by atoms with van der Waals surface area (Å²) in [5, 5.41) is 0. The summed E-state index contributed by atoms with van der Waals surface area (Å²) in [6.45, 7) is -3.43. The Balaban J connectivity index is 1.08. The molecule has 9 atom stereocenters. The second-order valence-corrected chi connectivity index (χ2v) is 19.1. The van der Waals surface area contributed by atoms with Gasteiger partial charge in [0, 0.05) is 31.5 Å². The Bertz CT molecular complexity index is 2560. The van der Waals surface area contributed by atoms with Gasteiger partial charge in [0.1, 0.15) is 42.0 Å². The van der Waals surface area contributed by atoms with Crippen LogP contribution in [0.3, 0.4) is 0 Å². The Kier molecular flexibility index (Phi) is 11.7. The molecule has 6 heterocycles. The van der Waals surface area contributed by atoms with Gasteiger partial charge >= 0.3 is 26.3 Å². The molecule has 3 saturated heterocycles. The summed E-state index contributed by atoms with van der Waals surface area (Å²) in [6.07, 6.45) is -4.56. The summed E-state index contributed by atoms with van der Waals surface area (Å²) in [5.74, 6) is -0.0889. The summed E-state index contributed by atoms with van der Waals surface area (Å²) in [4.78, 5) is 63.1. The Hall–Kier alpha value is -4.57. The van der Waals surface area contributed by atoms with E-state index in [0.29, 0.717) is 11.1 Å². The lowest BCUT2D eigenvalue weighted by Gasteiger charge is -2.28. The number of methoxy groups -OCH3 is 1. The van der Waals surface area contributed by atoms with E-state index in [9.17, 15) is 28.4 Å². The number of phosphoric acid groups is 1. The quantitative estimate of drug-likeness (QED) is 0.114. The zero-order valence-electron chi connectivity index (χ0n) is 31.2. The smallest absolute Gasteiger partial charge is 0.423 e. The summed E-state index contributed by atoms with van der Waals surface area (Å²) in [7, 11) is -3.63. The van der Waals surface area contributed by atoms with Crippen LogP contribution >= 0.6 is 26.0 Å². The zero-order chi connectivity index (χ0) is 41.5. The number of carbonyl (C=O) groups is 1. The fraction of sp³-hybridized carbons (Fsp3) is 0.371. The number of hydrogen-bond donors (Lipinski definition) is 3. The first-order chi connectivity index (χ1) is 28.3. The van der Waals surface area contributed by atoms with Crippen molar-refractivity contribution in [1.29, 1.82) is 0 Å². The first-order valence-electron chi connectivity index (χ1n) is 18.0. The van der Waals surface area contributed by atoms with Crippen LogP contribution in [-0.4, -0.2) is 90.8 Å². The van der Waals surface area contributed by atoms with Crippen molar-refractivity contribution in [2.45, 2.75) is 62.1 Å². The van der Waals surface area contributed by atoms with E-state index >= 15 is 0 Å². The number of ether oxygens (including phenoxy) is 4. The number of nitrogen functional groups attached to an aromatic ring is 1. The molecule has 5 aromatic rings. The molecule has 1 unspecified atom stereocenters. The average Bonchev–Trinajstić information content (AvgIpc) is 3.91. The van der Waals surface area contributed by atoms with Crippen molar-refractivity contribution in [3.63, 3.8) is 0 Å². The minimum atomic E-state index is -4.92. The summed E-state index contributed by atoms with van der Waals surface area (Å²) < 4.78 is 78.2. The van der Waals surface area contributed by atoms with Crippen molar-refractivity contribution in [2.75, 3.05) is 26.1 Å². The number of aromatic nitrogens is 6. The average molecular weight is 874 g/mol. The summed E-state index contributed by atoms with van der Waals surface area (Å²) in [6, 6.07) is 14.6. The number of fused-ring (bicyclic) bond motifs is 4. The third kappa shape index (κ3) is 8.98. The third-order valence-corrected chi connectivity index (χ3v) is 14.3. The van der Waals surface area contributed by atoms with Crippen LogP contribution in [0.25, 0.3) is 11.2 Å². The van der Waals surface area contributed by atoms with Gasteiger partial charge < -0.3 is 29.6 Å². The molecule has 21 nitrogen and oxygen atoms in total. The van der Waals surface area contributed by atoms with Crippen LogP contribution in [0.2, 0.25) is 0 Å². The number of phosphoric ester groups is 1. The number of imidazole rings is 1. The van der Waals surface area contributed by atoms with Crippen molar-refractivity contribution in [3.8, 4) is 5.75 Å². The maximum absolute atomic E-state index is 14.9. The SMILES string of the molecule is CO[C@@H]1[C@@H]2O[P@](=O)(SCc3ccc(OC(=O)c4ccc(C)cc4)cc3)OC[C@@H]3C[C@@H](OP(=O)(O)OC[C@H]2O[C@H]1n1ccc(=O)[nH]c1=O)[C@H](n1cnc2c(N)ncnc21)O3. The number of esters is 1. The Labute approximate surface area is 338 Å². The van der Waals surface area contributed by atoms with E-state index < -0.39 is 81.4 Å². The predicted molar refractivity (Wildman–Crippen MR) is 207 cm³/mol. The standard InChI is InChI=1S/C35H37N7O14P2S/c1-19-3-7-21(8-4-19)34(44)53-22-9-5-20(6-10-22)16-59-58(48)51-14-23-13-24(32(52-23)42-18-39-27-30(36)37-17-38-31(27)42)55-57(46,47)50-15-25-28(56-58)29(49-2)33(54-25)41-12-11-26(43)40-35(41)45/h3-12,17-18,23-25,28-29,32-33H,13-16H2,1-2H3,(H,46,47)(H2,36,37,38)(H,40,43,45)/t23-,24+,25+,28+,29+,32+,33+,58+/m0/s1. The molecule has 0 amide bonds. The molecule has 3 fully saturated rings. The van der Waals surface area contributed by atoms with Gasteiger partial charge in [-0.1, -0.05) is 29.8 Å². The maximum Gasteiger partial charge on any atom is 0.472 e. The van der Waals surface area contributed by atoms with E-state index in [1.54, 1.807) is 48.5 Å². The van der Waals surface area contributed by atoms with E-state index in [-0.39, 0.29) is 41.5 Å². The topological polar surface area (TPSA) is 270 Å². The zero-order valence-corrected chi connectivity index (χ0v) is 33.8. The maximum atomic E-state index is 14.9. The second-order valence-electron chi connectivity index (χ2n) is 13.6. The fourth-order valence-electron chi connectivity index (χ4n) is 6.74. The molecular formula is C35H37N7O14P2S. The van der Waals surface area contributed by atoms with Gasteiger partial charge in [0.2, 0.25) is 0 Å². The summed E-state index contributed by atoms with van der Waals surface area (Å²) >= 11 is 0.817. The van der Waals surface area contributed by atoms with Gasteiger partial charge in [-0.25, -0.2) is 33.7 Å². The number of benzene rings is 2. The number of nitrogens with two attached hydrogens (primary N) is 1. The lowest BCUT2D eigenvalue weighted by atomic mass is 10.1. The predicted octanol–water partition coefficient (Wildman–Crippen LogP) is 3.65. The van der Waals surface area contributed by atoms with Crippen molar-refractivity contribution in [2.24, 2.45) is 0 Å². The van der Waals surface area contributed by atoms with Crippen LogP contribution in [-0.2, 0) is 47.2 Å². The molecule has 0 aliphatic carbocycles. The fourth-order valence-corrected chi connectivity index (χ4v) is 11.1. The number of aromatic amines is 1. The number of rotatable bonds is 8. The number of anilines is 1. The number of H-pyrrole nitrogens is 1. The highest BCUT2D eigenvalue weighted by atomic mass is 32.7. The summed E-state index contributed by atoms with van der Waals surface area (Å²) in [5.41, 5.74) is 7.02. The van der Waals surface area contributed by atoms with Crippen molar-refractivity contribution < 1.29 is 55.9 Å². The molecule has 0 spiro atoms. The molecular weight excluding hydrogens is 836 g/mol. The number of aryl methyl sites for hydroxylation is 1. The number of nitrogens with one attached hydrogen (secondary N) is 1. The Morgan fingerprint density at radius 2 is 1.75 bits per heavy atom. The van der Waals surface area contributed by atoms with Gasteiger partial charge in [-0.2, -0.15) is 0 Å². The number of carbonyl (C=O) groups excluding carboxylic acids is 1. The molecule has 4 N–H and O–H groups in total. The van der Waals surface area contributed by atoms with Crippen LogP contribution in [0.1, 0.15) is 40.4 Å². The minimum absolute atomic E-state index is 0.0342. The van der Waals surface area contributed by atoms with E-state index in [1.807, 2.05) is 6.92 Å². The highest BCUT2D eigenvalue weighted by molar-refractivity contribution is 8.54. The van der Waals surface area contributed by atoms with E-state index in [2.05, 4.69) is 19.9 Å². The Morgan fingerprint density at radius 1 is 0.966 bits per heavy atom. The molecule has 3 aliphatic heterocycles.